The van der Waals surface area contributed by atoms with Gasteiger partial charge >= 0.3 is 5.97 Å². The monoisotopic (exact) mass is 411 g/mol. The predicted octanol–water partition coefficient (Wildman–Crippen LogP) is 3.34. The van der Waals surface area contributed by atoms with Crippen LogP contribution in [0.3, 0.4) is 0 Å². The first-order chi connectivity index (χ1) is 14.5. The quantitative estimate of drug-likeness (QED) is 0.576. The van der Waals surface area contributed by atoms with E-state index < -0.39 is 12.1 Å². The van der Waals surface area contributed by atoms with E-state index in [9.17, 15) is 14.7 Å². The number of ether oxygens (including phenoxy) is 1. The number of aryl methyl sites for hydroxylation is 1. The molecule has 4 bridgehead atoms. The largest absolute Gasteiger partial charge is 0.464 e. The van der Waals surface area contributed by atoms with Crippen LogP contribution in [0.5, 0.6) is 0 Å². The number of hydrogen-bond donors (Lipinski definition) is 1. The number of carbonyl (C=O) groups is 2. The molecule has 5 fully saturated rings. The maximum atomic E-state index is 13.7. The molecule has 30 heavy (non-hydrogen) atoms. The number of aliphatic hydroxyl groups excluding tert-OH is 1. The molecule has 5 heteroatoms. The zero-order valence-corrected chi connectivity index (χ0v) is 17.7. The third kappa shape index (κ3) is 3.77. The number of rotatable bonds is 6. The Hall–Kier alpha value is -1.88. The Morgan fingerprint density at radius 1 is 1.00 bits per heavy atom. The molecule has 5 nitrogen and oxygen atoms in total. The number of amides is 1. The van der Waals surface area contributed by atoms with E-state index in [1.807, 2.05) is 18.2 Å². The summed E-state index contributed by atoms with van der Waals surface area (Å²) >= 11 is 0. The molecule has 1 unspecified atom stereocenters. The number of carbonyl (C=O) groups excluding carboxylic acids is 2. The summed E-state index contributed by atoms with van der Waals surface area (Å²) in [5.74, 6) is 1.80. The van der Waals surface area contributed by atoms with Crippen molar-refractivity contribution in [3.8, 4) is 0 Å². The zero-order chi connectivity index (χ0) is 20.7. The number of aliphatic hydroxyl groups is 1. The summed E-state index contributed by atoms with van der Waals surface area (Å²) in [6, 6.07) is 9.52. The fourth-order valence-corrected chi connectivity index (χ4v) is 7.13. The van der Waals surface area contributed by atoms with Crippen LogP contribution in [0.25, 0.3) is 0 Å². The highest BCUT2D eigenvalue weighted by atomic mass is 16.5. The topological polar surface area (TPSA) is 66.8 Å². The van der Waals surface area contributed by atoms with E-state index in [0.717, 1.165) is 32.1 Å². The molecule has 1 amide bonds. The highest BCUT2D eigenvalue weighted by Gasteiger charge is 2.57. The molecule has 0 radical (unpaired) electrons. The van der Waals surface area contributed by atoms with Crippen molar-refractivity contribution in [3.05, 3.63) is 35.9 Å². The van der Waals surface area contributed by atoms with Crippen molar-refractivity contribution in [2.75, 3.05) is 13.2 Å². The Morgan fingerprint density at radius 3 is 2.27 bits per heavy atom. The van der Waals surface area contributed by atoms with Gasteiger partial charge in [-0.25, -0.2) is 4.79 Å². The minimum absolute atomic E-state index is 0.115. The number of β-amino-alcohol motifs (C(OH)–C–C–N with tert-alkyl or cyclic N) is 1. The fourth-order valence-electron chi connectivity index (χ4n) is 7.13. The molecule has 1 saturated heterocycles. The molecule has 1 N–H and O–H groups in total. The maximum Gasteiger partial charge on any atom is 0.328 e. The summed E-state index contributed by atoms with van der Waals surface area (Å²) in [6.45, 7) is 0.615. The van der Waals surface area contributed by atoms with Crippen LogP contribution in [0.4, 0.5) is 0 Å². The van der Waals surface area contributed by atoms with E-state index in [1.54, 1.807) is 4.90 Å². The van der Waals surface area contributed by atoms with Gasteiger partial charge in [0.2, 0.25) is 5.91 Å². The Bertz CT molecular complexity index is 756. The van der Waals surface area contributed by atoms with E-state index in [2.05, 4.69) is 12.1 Å². The van der Waals surface area contributed by atoms with Gasteiger partial charge in [0.15, 0.2) is 0 Å². The van der Waals surface area contributed by atoms with Gasteiger partial charge in [0, 0.05) is 13.0 Å². The first kappa shape index (κ1) is 20.0. The molecule has 162 valence electrons. The van der Waals surface area contributed by atoms with Crippen molar-refractivity contribution in [2.24, 2.45) is 23.2 Å². The molecule has 4 aliphatic carbocycles. The van der Waals surface area contributed by atoms with Crippen molar-refractivity contribution in [1.29, 1.82) is 0 Å². The summed E-state index contributed by atoms with van der Waals surface area (Å²) in [7, 11) is 0. The van der Waals surface area contributed by atoms with Gasteiger partial charge in [-0.1, -0.05) is 30.3 Å². The van der Waals surface area contributed by atoms with Crippen LogP contribution in [0, 0.1) is 23.2 Å². The normalized spacial score (nSPS) is 36.8. The third-order valence-electron chi connectivity index (χ3n) is 8.00. The predicted molar refractivity (Wildman–Crippen MR) is 112 cm³/mol. The lowest BCUT2D eigenvalue weighted by atomic mass is 9.49. The summed E-state index contributed by atoms with van der Waals surface area (Å²) in [4.78, 5) is 28.2. The van der Waals surface area contributed by atoms with E-state index in [1.165, 1.54) is 24.8 Å². The molecule has 1 aromatic carbocycles. The Balaban J connectivity index is 1.20. The van der Waals surface area contributed by atoms with Crippen LogP contribution < -0.4 is 0 Å². The summed E-state index contributed by atoms with van der Waals surface area (Å²) in [5, 5.41) is 10.3. The molecule has 1 aliphatic heterocycles. The SMILES string of the molecule is O=C(OCCCc1ccccc1)[C@@H]1CC(O)CN1C(=O)C12CC3CC(CC(C3)C1)C2. The average molecular weight is 412 g/mol. The maximum absolute atomic E-state index is 13.7. The van der Waals surface area contributed by atoms with Crippen LogP contribution in [0.15, 0.2) is 30.3 Å². The Labute approximate surface area is 178 Å². The molecular weight excluding hydrogens is 378 g/mol. The Morgan fingerprint density at radius 2 is 1.63 bits per heavy atom. The second-order valence-corrected chi connectivity index (χ2v) is 10.3. The van der Waals surface area contributed by atoms with E-state index >= 15 is 0 Å². The van der Waals surface area contributed by atoms with Crippen molar-refractivity contribution in [3.63, 3.8) is 0 Å². The van der Waals surface area contributed by atoms with Crippen LogP contribution in [0.1, 0.15) is 56.9 Å². The first-order valence-electron chi connectivity index (χ1n) is 11.7. The summed E-state index contributed by atoms with van der Waals surface area (Å²) < 4.78 is 5.55. The molecule has 2 atom stereocenters. The molecule has 1 aromatic rings. The van der Waals surface area contributed by atoms with Crippen molar-refractivity contribution < 1.29 is 19.4 Å². The second-order valence-electron chi connectivity index (χ2n) is 10.3. The van der Waals surface area contributed by atoms with Crippen LogP contribution in [0.2, 0.25) is 0 Å². The Kier molecular flexibility index (Phi) is 5.34. The molecule has 6 rings (SSSR count). The van der Waals surface area contributed by atoms with E-state index in [-0.39, 0.29) is 23.8 Å². The van der Waals surface area contributed by atoms with Crippen LogP contribution in [-0.2, 0) is 20.7 Å². The van der Waals surface area contributed by atoms with E-state index in [0.29, 0.717) is 30.8 Å². The summed E-state index contributed by atoms with van der Waals surface area (Å²) in [6.07, 6.45) is 8.05. The minimum atomic E-state index is -0.635. The van der Waals surface area contributed by atoms with Crippen molar-refractivity contribution in [2.45, 2.75) is 69.9 Å². The van der Waals surface area contributed by atoms with Gasteiger partial charge < -0.3 is 14.7 Å². The van der Waals surface area contributed by atoms with E-state index in [4.69, 9.17) is 4.74 Å². The minimum Gasteiger partial charge on any atom is -0.464 e. The molecule has 4 saturated carbocycles. The number of benzene rings is 1. The number of nitrogens with zero attached hydrogens (tertiary/aromatic N) is 1. The third-order valence-corrected chi connectivity index (χ3v) is 8.00. The summed E-state index contributed by atoms with van der Waals surface area (Å²) in [5.41, 5.74) is 0.938. The first-order valence-corrected chi connectivity index (χ1v) is 11.7. The highest BCUT2D eigenvalue weighted by Crippen LogP contribution is 2.60. The molecule has 0 spiro atoms. The molecule has 0 aromatic heterocycles. The molecule has 1 heterocycles. The van der Waals surface area contributed by atoms with Gasteiger partial charge in [0.25, 0.3) is 0 Å². The van der Waals surface area contributed by atoms with Crippen molar-refractivity contribution in [1.82, 2.24) is 4.90 Å². The van der Waals surface area contributed by atoms with Crippen molar-refractivity contribution >= 4 is 11.9 Å². The highest BCUT2D eigenvalue weighted by molar-refractivity contribution is 5.89. The van der Waals surface area contributed by atoms with Gasteiger partial charge in [-0.05, 0) is 74.7 Å². The molecular formula is C25H33NO4. The molecule has 5 aliphatic rings. The van der Waals surface area contributed by atoms with Gasteiger partial charge in [-0.15, -0.1) is 0 Å². The lowest BCUT2D eigenvalue weighted by Gasteiger charge is -2.56. The van der Waals surface area contributed by atoms with Crippen LogP contribution in [-0.4, -0.2) is 47.2 Å². The smallest absolute Gasteiger partial charge is 0.328 e. The fraction of sp³-hybridized carbons (Fsp3) is 0.680. The van der Waals surface area contributed by atoms with Gasteiger partial charge in [0.05, 0.1) is 18.1 Å². The van der Waals surface area contributed by atoms with Gasteiger partial charge in [-0.2, -0.15) is 0 Å². The zero-order valence-electron chi connectivity index (χ0n) is 17.7. The van der Waals surface area contributed by atoms with Crippen LogP contribution >= 0.6 is 0 Å². The number of esters is 1. The van der Waals surface area contributed by atoms with Gasteiger partial charge in [0.1, 0.15) is 6.04 Å². The lowest BCUT2D eigenvalue weighted by molar-refractivity contribution is -0.165. The second kappa shape index (κ2) is 7.99. The number of likely N-dealkylation sites (tertiary alicyclic amines) is 1. The lowest BCUT2D eigenvalue weighted by Crippen LogP contribution is -2.56. The standard InChI is InChI=1S/C25H33NO4/c27-21-12-22(23(28)30-8-4-7-17-5-2-1-3-6-17)26(16-21)24(29)25-13-18-9-19(14-25)11-20(10-18)15-25/h1-3,5-6,18-22,27H,4,7-16H2/t18?,19?,20?,21?,22-,25?/m0/s1. The number of hydrogen-bond acceptors (Lipinski definition) is 4. The average Bonchev–Trinajstić information content (AvgIpc) is 3.12. The van der Waals surface area contributed by atoms with Gasteiger partial charge in [-0.3, -0.25) is 4.79 Å².